The molecule has 0 amide bonds. The first-order valence-corrected chi connectivity index (χ1v) is 7.23. The lowest BCUT2D eigenvalue weighted by Gasteiger charge is -2.19. The highest BCUT2D eigenvalue weighted by Crippen LogP contribution is 2.24. The molecule has 2 heterocycles. The van der Waals surface area contributed by atoms with Crippen LogP contribution in [0.15, 0.2) is 6.20 Å². The van der Waals surface area contributed by atoms with Crippen LogP contribution in [0.1, 0.15) is 45.9 Å². The zero-order valence-electron chi connectivity index (χ0n) is 13.5. The summed E-state index contributed by atoms with van der Waals surface area (Å²) in [7, 11) is 1.97. The van der Waals surface area contributed by atoms with Crippen LogP contribution in [0.4, 0.5) is 0 Å². The predicted molar refractivity (Wildman–Crippen MR) is 78.5 cm³/mol. The normalized spacial score (nSPS) is 22.4. The second kappa shape index (κ2) is 5.47. The van der Waals surface area contributed by atoms with Crippen LogP contribution in [0, 0.1) is 0 Å². The predicted octanol–water partition coefficient (Wildman–Crippen LogP) is 1.96. The summed E-state index contributed by atoms with van der Waals surface area (Å²) in [6.45, 7) is 12.7. The Balaban J connectivity index is 1.89. The number of hydrogen-bond acceptors (Lipinski definition) is 4. The molecule has 20 heavy (non-hydrogen) atoms. The molecule has 5 heteroatoms. The molecule has 114 valence electrons. The van der Waals surface area contributed by atoms with Crippen molar-refractivity contribution in [2.45, 2.75) is 58.5 Å². The third kappa shape index (κ3) is 3.81. The highest BCUT2D eigenvalue weighted by Gasteiger charge is 2.32. The molecule has 1 aromatic rings. The summed E-state index contributed by atoms with van der Waals surface area (Å²) < 4.78 is 13.2. The van der Waals surface area contributed by atoms with Gasteiger partial charge in [0.05, 0.1) is 18.4 Å². The number of hydrogen-bond donors (Lipinski definition) is 1. The summed E-state index contributed by atoms with van der Waals surface area (Å²) in [5.74, 6) is -0.447. The molecular formula is C15H27N3O2. The van der Waals surface area contributed by atoms with Gasteiger partial charge in [0.15, 0.2) is 5.79 Å². The van der Waals surface area contributed by atoms with Gasteiger partial charge >= 0.3 is 0 Å². The van der Waals surface area contributed by atoms with Crippen LogP contribution in [0.2, 0.25) is 0 Å². The van der Waals surface area contributed by atoms with Crippen LogP contribution in [0.25, 0.3) is 0 Å². The van der Waals surface area contributed by atoms with E-state index in [9.17, 15) is 0 Å². The van der Waals surface area contributed by atoms with Gasteiger partial charge in [-0.25, -0.2) is 0 Å². The maximum absolute atomic E-state index is 5.78. The summed E-state index contributed by atoms with van der Waals surface area (Å²) in [6, 6.07) is 0. The molecular weight excluding hydrogens is 254 g/mol. The molecule has 1 aliphatic rings. The maximum Gasteiger partial charge on any atom is 0.163 e. The van der Waals surface area contributed by atoms with Crippen molar-refractivity contribution in [1.29, 1.82) is 0 Å². The van der Waals surface area contributed by atoms with E-state index < -0.39 is 5.79 Å². The van der Waals surface area contributed by atoms with Crippen LogP contribution in [0.3, 0.4) is 0 Å². The molecule has 0 aromatic carbocycles. The Bertz CT molecular complexity index is 460. The molecule has 1 aromatic heterocycles. The summed E-state index contributed by atoms with van der Waals surface area (Å²) in [4.78, 5) is 0. The molecule has 0 spiro atoms. The van der Waals surface area contributed by atoms with Crippen LogP contribution in [-0.2, 0) is 28.5 Å². The number of nitrogens with one attached hydrogen (secondary N) is 1. The second-order valence-corrected chi connectivity index (χ2v) is 7.01. The molecule has 1 atom stereocenters. The SMILES string of the molecule is Cn1cc(CNCC2COC(C)(C)O2)c(C(C)(C)C)n1. The van der Waals surface area contributed by atoms with Crippen molar-refractivity contribution < 1.29 is 9.47 Å². The Kier molecular flexibility index (Phi) is 4.23. The Hall–Kier alpha value is -0.910. The lowest BCUT2D eigenvalue weighted by atomic mass is 9.89. The molecule has 2 rings (SSSR count). The minimum atomic E-state index is -0.447. The van der Waals surface area contributed by atoms with Gasteiger partial charge < -0.3 is 14.8 Å². The van der Waals surface area contributed by atoms with Gasteiger partial charge in [-0.2, -0.15) is 5.10 Å². The zero-order valence-corrected chi connectivity index (χ0v) is 13.5. The van der Waals surface area contributed by atoms with Crippen molar-refractivity contribution in [2.24, 2.45) is 7.05 Å². The Morgan fingerprint density at radius 1 is 1.45 bits per heavy atom. The number of nitrogens with zero attached hydrogens (tertiary/aromatic N) is 2. The van der Waals surface area contributed by atoms with Gasteiger partial charge in [0, 0.05) is 37.3 Å². The number of ether oxygens (including phenoxy) is 2. The van der Waals surface area contributed by atoms with Gasteiger partial charge in [-0.05, 0) is 13.8 Å². The monoisotopic (exact) mass is 281 g/mol. The average molecular weight is 281 g/mol. The van der Waals surface area contributed by atoms with Crippen LogP contribution < -0.4 is 5.32 Å². The van der Waals surface area contributed by atoms with Gasteiger partial charge in [0.1, 0.15) is 0 Å². The lowest BCUT2D eigenvalue weighted by Crippen LogP contribution is -2.30. The van der Waals surface area contributed by atoms with Gasteiger partial charge in [-0.3, -0.25) is 4.68 Å². The minimum absolute atomic E-state index is 0.0627. The van der Waals surface area contributed by atoms with E-state index in [0.29, 0.717) is 6.61 Å². The van der Waals surface area contributed by atoms with Crippen molar-refractivity contribution in [1.82, 2.24) is 15.1 Å². The smallest absolute Gasteiger partial charge is 0.163 e. The second-order valence-electron chi connectivity index (χ2n) is 7.01. The lowest BCUT2D eigenvalue weighted by molar-refractivity contribution is -0.137. The molecule has 1 saturated heterocycles. The van der Waals surface area contributed by atoms with E-state index in [1.165, 1.54) is 5.56 Å². The Morgan fingerprint density at radius 2 is 2.15 bits per heavy atom. The van der Waals surface area contributed by atoms with Crippen molar-refractivity contribution in [3.63, 3.8) is 0 Å². The van der Waals surface area contributed by atoms with Crippen molar-refractivity contribution in [2.75, 3.05) is 13.2 Å². The third-order valence-corrected chi connectivity index (χ3v) is 3.37. The largest absolute Gasteiger partial charge is 0.348 e. The van der Waals surface area contributed by atoms with Crippen LogP contribution in [0.5, 0.6) is 0 Å². The minimum Gasteiger partial charge on any atom is -0.348 e. The Morgan fingerprint density at radius 3 is 2.70 bits per heavy atom. The molecule has 5 nitrogen and oxygen atoms in total. The van der Waals surface area contributed by atoms with Gasteiger partial charge in [-0.1, -0.05) is 20.8 Å². The molecule has 1 unspecified atom stereocenters. The van der Waals surface area contributed by atoms with E-state index in [2.05, 4.69) is 37.4 Å². The van der Waals surface area contributed by atoms with Crippen molar-refractivity contribution >= 4 is 0 Å². The van der Waals surface area contributed by atoms with Crippen molar-refractivity contribution in [3.05, 3.63) is 17.5 Å². The van der Waals surface area contributed by atoms with Gasteiger partial charge in [0.25, 0.3) is 0 Å². The van der Waals surface area contributed by atoms with E-state index in [1.54, 1.807) is 0 Å². The fourth-order valence-corrected chi connectivity index (χ4v) is 2.53. The van der Waals surface area contributed by atoms with Crippen molar-refractivity contribution in [3.8, 4) is 0 Å². The zero-order chi connectivity index (χ0) is 15.0. The first kappa shape index (κ1) is 15.5. The standard InChI is InChI=1S/C15H27N3O2/c1-14(2,3)13-11(9-18(6)17-13)7-16-8-12-10-19-15(4,5)20-12/h9,12,16H,7-8,10H2,1-6H3. The molecule has 0 aliphatic carbocycles. The number of aromatic nitrogens is 2. The highest BCUT2D eigenvalue weighted by molar-refractivity contribution is 5.23. The fraction of sp³-hybridized carbons (Fsp3) is 0.800. The molecule has 1 aliphatic heterocycles. The Labute approximate surface area is 121 Å². The first-order chi connectivity index (χ1) is 9.17. The number of aryl methyl sites for hydroxylation is 1. The van der Waals surface area contributed by atoms with E-state index in [-0.39, 0.29) is 11.5 Å². The highest BCUT2D eigenvalue weighted by atomic mass is 16.7. The topological polar surface area (TPSA) is 48.3 Å². The number of rotatable bonds is 4. The van der Waals surface area contributed by atoms with Gasteiger partial charge in [0.2, 0.25) is 0 Å². The third-order valence-electron chi connectivity index (χ3n) is 3.37. The molecule has 0 bridgehead atoms. The quantitative estimate of drug-likeness (QED) is 0.916. The summed E-state index contributed by atoms with van der Waals surface area (Å²) >= 11 is 0. The van der Waals surface area contributed by atoms with Gasteiger partial charge in [-0.15, -0.1) is 0 Å². The fourth-order valence-electron chi connectivity index (χ4n) is 2.53. The average Bonchev–Trinajstić information content (AvgIpc) is 2.81. The molecule has 0 saturated carbocycles. The first-order valence-electron chi connectivity index (χ1n) is 7.23. The molecule has 1 fully saturated rings. The van der Waals surface area contributed by atoms with E-state index in [1.807, 2.05) is 25.6 Å². The maximum atomic E-state index is 5.78. The molecule has 1 N–H and O–H groups in total. The van der Waals surface area contributed by atoms with Crippen LogP contribution >= 0.6 is 0 Å². The molecule has 0 radical (unpaired) electrons. The summed E-state index contributed by atoms with van der Waals surface area (Å²) in [5, 5.41) is 8.03. The summed E-state index contributed by atoms with van der Waals surface area (Å²) in [5.41, 5.74) is 2.46. The van der Waals surface area contributed by atoms with E-state index >= 15 is 0 Å². The van der Waals surface area contributed by atoms with E-state index in [4.69, 9.17) is 9.47 Å². The van der Waals surface area contributed by atoms with E-state index in [0.717, 1.165) is 18.8 Å². The van der Waals surface area contributed by atoms with Crippen LogP contribution in [-0.4, -0.2) is 34.8 Å². The summed E-state index contributed by atoms with van der Waals surface area (Å²) in [6.07, 6.45) is 2.21.